The number of fused-ring (bicyclic) bond motifs is 3. The van der Waals surface area contributed by atoms with Gasteiger partial charge in [-0.3, -0.25) is 0 Å². The summed E-state index contributed by atoms with van der Waals surface area (Å²) in [7, 11) is 0. The van der Waals surface area contributed by atoms with E-state index in [1.54, 1.807) is 0 Å². The van der Waals surface area contributed by atoms with Crippen molar-refractivity contribution in [1.29, 1.82) is 0 Å². The zero-order valence-electron chi connectivity index (χ0n) is 26.3. The third-order valence-electron chi connectivity index (χ3n) is 7.86. The second kappa shape index (κ2) is 14.3. The van der Waals surface area contributed by atoms with Crippen LogP contribution in [-0.2, 0) is 20.1 Å². The Balaban J connectivity index is 0.000000202. The van der Waals surface area contributed by atoms with Crippen LogP contribution < -0.4 is 4.40 Å². The molecule has 0 unspecified atom stereocenters. The normalized spacial score (nSPS) is 11.2. The van der Waals surface area contributed by atoms with Crippen LogP contribution >= 0.6 is 11.3 Å². The molecule has 0 N–H and O–H groups in total. The molecule has 227 valence electrons. The largest absolute Gasteiger partial charge is 0 e. The van der Waals surface area contributed by atoms with Crippen LogP contribution in [0.4, 0.5) is 0 Å². The monoisotopic (exact) mass is 843 g/mol. The van der Waals surface area contributed by atoms with E-state index in [2.05, 4.69) is 132 Å². The van der Waals surface area contributed by atoms with E-state index in [-0.39, 0.29) is 20.1 Å². The van der Waals surface area contributed by atoms with Crippen LogP contribution in [0.5, 0.6) is 0 Å². The molecule has 1 radical (unpaired) electrons. The van der Waals surface area contributed by atoms with Crippen molar-refractivity contribution in [3.63, 3.8) is 0 Å². The molecule has 0 saturated carbocycles. The first-order valence-corrected chi connectivity index (χ1v) is 23.3. The molecule has 0 bridgehead atoms. The Kier molecular flexibility index (Phi) is 10.5. The van der Waals surface area contributed by atoms with Gasteiger partial charge in [-0.2, -0.15) is 11.3 Å². The van der Waals surface area contributed by atoms with Gasteiger partial charge in [0, 0.05) is 31.0 Å². The third kappa shape index (κ3) is 7.53. The number of aromatic nitrogens is 2. The second-order valence-electron chi connectivity index (χ2n) is 12.4. The van der Waals surface area contributed by atoms with E-state index >= 15 is 0 Å². The predicted molar refractivity (Wildman–Crippen MR) is 192 cm³/mol. The fourth-order valence-corrected chi connectivity index (χ4v) is 8.65. The molecular weight excluding hydrogens is 805 g/mol. The second-order valence-corrected chi connectivity index (χ2v) is 24.1. The molecule has 7 aromatic rings. The zero-order valence-corrected chi connectivity index (χ0v) is 31.6. The number of rotatable bonds is 5. The summed E-state index contributed by atoms with van der Waals surface area (Å²) in [5, 5.41) is 2.58. The van der Waals surface area contributed by atoms with Gasteiger partial charge in [0.05, 0.1) is 0 Å². The molecule has 0 atom stereocenters. The van der Waals surface area contributed by atoms with Gasteiger partial charge in [0.25, 0.3) is 0 Å². The van der Waals surface area contributed by atoms with E-state index in [4.69, 9.17) is 0 Å². The molecule has 45 heavy (non-hydrogen) atoms. The molecule has 0 spiro atoms. The maximum absolute atomic E-state index is 4.65. The Morgan fingerprint density at radius 2 is 1.49 bits per heavy atom. The summed E-state index contributed by atoms with van der Waals surface area (Å²) in [6.07, 6.45) is 3.95. The van der Waals surface area contributed by atoms with Gasteiger partial charge in [0.2, 0.25) is 0 Å². The Morgan fingerprint density at radius 1 is 0.689 bits per heavy atom. The number of thiophene rings is 1. The predicted octanol–water partition coefficient (Wildman–Crippen LogP) is 10.8. The zero-order chi connectivity index (χ0) is 30.7. The van der Waals surface area contributed by atoms with Crippen molar-refractivity contribution in [2.45, 2.75) is 37.0 Å². The Labute approximate surface area is 287 Å². The fraction of sp³-hybridized carbons (Fsp3) is 0.150. The maximum Gasteiger partial charge on any atom is 0 e. The molecule has 4 aromatic carbocycles. The molecule has 0 amide bonds. The van der Waals surface area contributed by atoms with E-state index in [1.807, 2.05) is 54.1 Å². The minimum atomic E-state index is -1.72. The van der Waals surface area contributed by atoms with Crippen LogP contribution in [0.15, 0.2) is 122 Å². The van der Waals surface area contributed by atoms with Crippen LogP contribution in [0.1, 0.15) is 25.3 Å². The maximum atomic E-state index is 4.65. The molecule has 3 aromatic heterocycles. The minimum absolute atomic E-state index is 0. The number of pyridine rings is 2. The topological polar surface area (TPSA) is 25.8 Å². The van der Waals surface area contributed by atoms with Gasteiger partial charge < -0.3 is 4.98 Å². The summed E-state index contributed by atoms with van der Waals surface area (Å²) in [5.74, 6) is 7.62. The summed E-state index contributed by atoms with van der Waals surface area (Å²) in [6, 6.07) is 44.8. The minimum Gasteiger partial charge on any atom is 0 e. The Hall–Kier alpha value is -3.41. The first-order chi connectivity index (χ1) is 21.3. The van der Waals surface area contributed by atoms with Crippen LogP contribution in [0.2, 0.25) is 17.3 Å². The third-order valence-corrected chi connectivity index (χ3v) is 13.3. The Morgan fingerprint density at radius 3 is 2.18 bits per heavy atom. The van der Waals surface area contributed by atoms with Gasteiger partial charge in [-0.05, 0) is 45.0 Å². The van der Waals surface area contributed by atoms with Crippen LogP contribution in [-0.4, -0.2) is 23.2 Å². The van der Waals surface area contributed by atoms with Crippen LogP contribution in [0.25, 0.3) is 53.8 Å². The number of hydrogen-bond donors (Lipinski definition) is 0. The Bertz CT molecular complexity index is 2010. The van der Waals surface area contributed by atoms with Gasteiger partial charge in [-0.15, -0.1) is 23.8 Å². The summed E-state index contributed by atoms with van der Waals surface area (Å²) in [6.45, 7) is 4.43. The van der Waals surface area contributed by atoms with Gasteiger partial charge >= 0.3 is 99.8 Å². The van der Waals surface area contributed by atoms with E-state index in [1.165, 1.54) is 41.3 Å². The molecule has 0 aliphatic heterocycles. The van der Waals surface area contributed by atoms with Crippen molar-refractivity contribution in [3.8, 4) is 33.6 Å². The number of nitrogens with zero attached hydrogens (tertiary/aromatic N) is 2. The molecule has 0 aliphatic carbocycles. The molecular formula is C40H36GeIrN2S-2. The number of hydrogen-bond acceptors (Lipinski definition) is 3. The van der Waals surface area contributed by atoms with Crippen molar-refractivity contribution in [2.24, 2.45) is 0 Å². The van der Waals surface area contributed by atoms with Crippen molar-refractivity contribution in [1.82, 2.24) is 9.97 Å². The fourth-order valence-electron chi connectivity index (χ4n) is 5.23. The molecule has 0 saturated heterocycles. The molecule has 2 nitrogen and oxygen atoms in total. The molecule has 3 heterocycles. The SMILES string of the molecule is CC(C)c1ccnc(-c2[c-]ccc3c2sc2cc(-c4ccccc4)ccc23)c1.[CH3][Ge]([CH3])([CH3])[c]1ccc(-c2[c-]cccc2)nc1.[Ir]. The first-order valence-electron chi connectivity index (χ1n) is 15.1. The average Bonchev–Trinajstić information content (AvgIpc) is 3.44. The van der Waals surface area contributed by atoms with Crippen LogP contribution in [0.3, 0.4) is 0 Å². The van der Waals surface area contributed by atoms with Gasteiger partial charge in [0.15, 0.2) is 0 Å². The summed E-state index contributed by atoms with van der Waals surface area (Å²) in [5.41, 5.74) is 7.99. The molecule has 7 rings (SSSR count). The van der Waals surface area contributed by atoms with Crippen molar-refractivity contribution in [3.05, 3.63) is 139 Å². The van der Waals surface area contributed by atoms with Crippen molar-refractivity contribution < 1.29 is 20.1 Å². The van der Waals surface area contributed by atoms with E-state index in [9.17, 15) is 0 Å². The molecule has 5 heteroatoms. The average molecular weight is 842 g/mol. The first kappa shape index (κ1) is 33.0. The molecule has 0 fully saturated rings. The van der Waals surface area contributed by atoms with Crippen LogP contribution in [0, 0.1) is 12.1 Å². The van der Waals surface area contributed by atoms with Crippen molar-refractivity contribution in [2.75, 3.05) is 0 Å². The van der Waals surface area contributed by atoms with E-state index < -0.39 is 13.3 Å². The van der Waals surface area contributed by atoms with Gasteiger partial charge in [0.1, 0.15) is 0 Å². The summed E-state index contributed by atoms with van der Waals surface area (Å²) >= 11 is 0.119. The smallest absolute Gasteiger partial charge is 0 e. The standard InChI is InChI=1S/C26H20NS.C14H16GeN.Ir/c1-17(2)19-13-14-27-24(15-19)23-10-6-9-22-21-12-11-20(16-25(21)28-26(22)23)18-7-4-3-5-8-18;1-15(2,3)13-9-10-14(16-11-13)12-7-5-4-6-8-12;/h3-9,11-17H,1-2H3;4-7,9-11H,1-3H3;/q2*-1;. The quantitative estimate of drug-likeness (QED) is 0.127. The van der Waals surface area contributed by atoms with E-state index in [0.717, 1.165) is 22.5 Å². The molecule has 0 aliphatic rings. The number of benzene rings is 4. The van der Waals surface area contributed by atoms with E-state index in [0.29, 0.717) is 5.92 Å². The summed E-state index contributed by atoms with van der Waals surface area (Å²) in [4.78, 5) is 9.18. The summed E-state index contributed by atoms with van der Waals surface area (Å²) < 4.78 is 4.01. The van der Waals surface area contributed by atoms with Gasteiger partial charge in [-0.25, -0.2) is 0 Å². The van der Waals surface area contributed by atoms with Crippen molar-refractivity contribution >= 4 is 49.2 Å². The van der Waals surface area contributed by atoms with Gasteiger partial charge in [-0.1, -0.05) is 73.3 Å².